The van der Waals surface area contributed by atoms with Crippen molar-refractivity contribution in [3.8, 4) is 0 Å². The highest BCUT2D eigenvalue weighted by Crippen LogP contribution is 2.29. The number of benzene rings is 2. The van der Waals surface area contributed by atoms with Crippen LogP contribution in [-0.4, -0.2) is 45.1 Å². The lowest BCUT2D eigenvalue weighted by Gasteiger charge is -2.28. The molecule has 0 atom stereocenters. The van der Waals surface area contributed by atoms with E-state index < -0.39 is 0 Å². The molecule has 0 radical (unpaired) electrons. The Hall–Kier alpha value is -2.80. The number of halogens is 2. The van der Waals surface area contributed by atoms with Crippen molar-refractivity contribution in [3.63, 3.8) is 0 Å². The number of hydrogen-bond acceptors (Lipinski definition) is 3. The zero-order valence-corrected chi connectivity index (χ0v) is 18.9. The number of rotatable bonds is 6. The predicted octanol–water partition coefficient (Wildman–Crippen LogP) is 3.06. The third-order valence-corrected chi connectivity index (χ3v) is 5.69. The normalized spacial score (nSPS) is 14.9. The van der Waals surface area contributed by atoms with Crippen LogP contribution in [0.3, 0.4) is 0 Å². The van der Waals surface area contributed by atoms with E-state index in [2.05, 4.69) is 25.8 Å². The van der Waals surface area contributed by atoms with Gasteiger partial charge in [0, 0.05) is 49.4 Å². The molecule has 1 aliphatic heterocycles. The number of nitrogens with zero attached hydrogens (tertiary/aromatic N) is 2. The molecule has 1 aliphatic rings. The summed E-state index contributed by atoms with van der Waals surface area (Å²) in [7, 11) is 1.72. The number of carbonyl (C=O) groups excluding carboxylic acids is 1. The Kier molecular flexibility index (Phi) is 7.38. The average Bonchev–Trinajstić information content (AvgIpc) is 2.74. The third kappa shape index (κ3) is 6.10. The SMILES string of the molecule is CN=C(NCc1ccc(N2CCNC(=O)C2)cc1)NCC(C)(C)c1ccc(F)cc1Cl. The first-order valence-corrected chi connectivity index (χ1v) is 10.7. The van der Waals surface area contributed by atoms with Crippen LogP contribution in [0.15, 0.2) is 47.5 Å². The summed E-state index contributed by atoms with van der Waals surface area (Å²) in [6, 6.07) is 12.6. The molecule has 1 fully saturated rings. The molecule has 3 rings (SSSR count). The zero-order chi connectivity index (χ0) is 22.4. The number of guanidine groups is 1. The van der Waals surface area contributed by atoms with E-state index in [4.69, 9.17) is 11.6 Å². The second kappa shape index (κ2) is 10.0. The van der Waals surface area contributed by atoms with E-state index in [1.54, 1.807) is 13.1 Å². The van der Waals surface area contributed by atoms with Crippen molar-refractivity contribution in [3.05, 3.63) is 64.4 Å². The highest BCUT2D eigenvalue weighted by Gasteiger charge is 2.24. The fourth-order valence-corrected chi connectivity index (χ4v) is 3.95. The lowest BCUT2D eigenvalue weighted by atomic mass is 9.84. The maximum atomic E-state index is 13.4. The zero-order valence-electron chi connectivity index (χ0n) is 18.1. The maximum Gasteiger partial charge on any atom is 0.239 e. The summed E-state index contributed by atoms with van der Waals surface area (Å²) in [6.45, 7) is 7.16. The van der Waals surface area contributed by atoms with Gasteiger partial charge in [-0.3, -0.25) is 9.79 Å². The van der Waals surface area contributed by atoms with Crippen molar-refractivity contribution < 1.29 is 9.18 Å². The molecule has 3 N–H and O–H groups in total. The molecule has 1 saturated heterocycles. The van der Waals surface area contributed by atoms with Crippen LogP contribution in [0.5, 0.6) is 0 Å². The van der Waals surface area contributed by atoms with Crippen molar-refractivity contribution in [1.29, 1.82) is 0 Å². The lowest BCUT2D eigenvalue weighted by molar-refractivity contribution is -0.120. The van der Waals surface area contributed by atoms with Gasteiger partial charge >= 0.3 is 0 Å². The number of piperazine rings is 1. The minimum absolute atomic E-state index is 0.0525. The first-order chi connectivity index (χ1) is 14.8. The summed E-state index contributed by atoms with van der Waals surface area (Å²) < 4.78 is 13.4. The fourth-order valence-electron chi connectivity index (χ4n) is 3.53. The lowest BCUT2D eigenvalue weighted by Crippen LogP contribution is -2.47. The van der Waals surface area contributed by atoms with E-state index in [9.17, 15) is 9.18 Å². The number of amides is 1. The van der Waals surface area contributed by atoms with Crippen LogP contribution in [0, 0.1) is 5.82 Å². The van der Waals surface area contributed by atoms with Crippen LogP contribution < -0.4 is 20.9 Å². The highest BCUT2D eigenvalue weighted by molar-refractivity contribution is 6.31. The molecule has 31 heavy (non-hydrogen) atoms. The van der Waals surface area contributed by atoms with Crippen LogP contribution in [0.1, 0.15) is 25.0 Å². The van der Waals surface area contributed by atoms with Crippen LogP contribution in [0.4, 0.5) is 10.1 Å². The first-order valence-electron chi connectivity index (χ1n) is 10.3. The summed E-state index contributed by atoms with van der Waals surface area (Å²) in [5.74, 6) is 0.379. The van der Waals surface area contributed by atoms with Crippen molar-refractivity contribution in [2.75, 3.05) is 38.1 Å². The molecule has 0 bridgehead atoms. The largest absolute Gasteiger partial charge is 0.360 e. The van der Waals surface area contributed by atoms with Crippen molar-refractivity contribution >= 4 is 29.2 Å². The van der Waals surface area contributed by atoms with Gasteiger partial charge in [-0.2, -0.15) is 0 Å². The van der Waals surface area contributed by atoms with Gasteiger partial charge in [0.05, 0.1) is 6.54 Å². The Morgan fingerprint density at radius 3 is 2.61 bits per heavy atom. The molecule has 0 saturated carbocycles. The Bertz CT molecular complexity index is 945. The molecule has 0 unspecified atom stereocenters. The highest BCUT2D eigenvalue weighted by atomic mass is 35.5. The second-order valence-electron chi connectivity index (χ2n) is 8.23. The molecular formula is C23H29ClFN5O. The molecular weight excluding hydrogens is 417 g/mol. The molecule has 166 valence electrons. The molecule has 0 aromatic heterocycles. The van der Waals surface area contributed by atoms with E-state index in [0.29, 0.717) is 37.2 Å². The van der Waals surface area contributed by atoms with Gasteiger partial charge in [0.25, 0.3) is 0 Å². The summed E-state index contributed by atoms with van der Waals surface area (Å²) in [5, 5.41) is 9.88. The molecule has 0 aliphatic carbocycles. The topological polar surface area (TPSA) is 68.8 Å². The smallest absolute Gasteiger partial charge is 0.239 e. The number of aliphatic imine (C=N–C) groups is 1. The number of carbonyl (C=O) groups is 1. The van der Waals surface area contributed by atoms with Gasteiger partial charge in [0.15, 0.2) is 5.96 Å². The number of nitrogens with one attached hydrogen (secondary N) is 3. The quantitative estimate of drug-likeness (QED) is 0.472. The van der Waals surface area contributed by atoms with E-state index in [0.717, 1.165) is 23.4 Å². The summed E-state index contributed by atoms with van der Waals surface area (Å²) in [6.07, 6.45) is 0. The van der Waals surface area contributed by atoms with E-state index >= 15 is 0 Å². The molecule has 0 spiro atoms. The Labute approximate surface area is 187 Å². The second-order valence-corrected chi connectivity index (χ2v) is 8.63. The minimum atomic E-state index is -0.343. The Morgan fingerprint density at radius 2 is 1.97 bits per heavy atom. The number of anilines is 1. The standard InChI is InChI=1S/C23H29ClFN5O/c1-23(2,19-9-6-17(25)12-20(19)24)15-29-22(26-3)28-13-16-4-7-18(8-5-16)30-11-10-27-21(31)14-30/h4-9,12H,10-11,13-15H2,1-3H3,(H,27,31)(H2,26,28,29). The van der Waals surface area contributed by atoms with E-state index in [-0.39, 0.29) is 17.1 Å². The van der Waals surface area contributed by atoms with Gasteiger partial charge < -0.3 is 20.9 Å². The minimum Gasteiger partial charge on any atom is -0.360 e. The molecule has 2 aromatic carbocycles. The fraction of sp³-hybridized carbons (Fsp3) is 0.391. The van der Waals surface area contributed by atoms with E-state index in [1.165, 1.54) is 12.1 Å². The summed E-state index contributed by atoms with van der Waals surface area (Å²) >= 11 is 6.24. The first kappa shape index (κ1) is 22.9. The van der Waals surface area contributed by atoms with Gasteiger partial charge in [-0.05, 0) is 35.4 Å². The molecule has 2 aromatic rings. The van der Waals surface area contributed by atoms with Crippen molar-refractivity contribution in [2.45, 2.75) is 25.8 Å². The molecule has 8 heteroatoms. The predicted molar refractivity (Wildman–Crippen MR) is 124 cm³/mol. The van der Waals surface area contributed by atoms with Crippen molar-refractivity contribution in [2.24, 2.45) is 4.99 Å². The molecule has 6 nitrogen and oxygen atoms in total. The summed E-state index contributed by atoms with van der Waals surface area (Å²) in [4.78, 5) is 17.9. The Balaban J connectivity index is 1.54. The van der Waals surface area contributed by atoms with Crippen molar-refractivity contribution in [1.82, 2.24) is 16.0 Å². The van der Waals surface area contributed by atoms with Gasteiger partial charge in [-0.15, -0.1) is 0 Å². The van der Waals surface area contributed by atoms with Crippen LogP contribution in [0.25, 0.3) is 0 Å². The number of hydrogen-bond donors (Lipinski definition) is 3. The maximum absolute atomic E-state index is 13.4. The van der Waals surface area contributed by atoms with Crippen LogP contribution in [-0.2, 0) is 16.8 Å². The third-order valence-electron chi connectivity index (χ3n) is 5.38. The monoisotopic (exact) mass is 445 g/mol. The van der Waals surface area contributed by atoms with Gasteiger partial charge in [-0.1, -0.05) is 43.6 Å². The van der Waals surface area contributed by atoms with E-state index in [1.807, 2.05) is 38.1 Å². The van der Waals surface area contributed by atoms with Gasteiger partial charge in [-0.25, -0.2) is 4.39 Å². The van der Waals surface area contributed by atoms with Gasteiger partial charge in [0.2, 0.25) is 5.91 Å². The van der Waals surface area contributed by atoms with Crippen LogP contribution >= 0.6 is 11.6 Å². The molecule has 1 amide bonds. The average molecular weight is 446 g/mol. The Morgan fingerprint density at radius 1 is 1.23 bits per heavy atom. The van der Waals surface area contributed by atoms with Crippen LogP contribution in [0.2, 0.25) is 5.02 Å². The van der Waals surface area contributed by atoms with Gasteiger partial charge in [0.1, 0.15) is 5.82 Å². The summed E-state index contributed by atoms with van der Waals surface area (Å²) in [5.41, 5.74) is 2.71. The molecule has 1 heterocycles.